The van der Waals surface area contributed by atoms with Gasteiger partial charge in [0, 0.05) is 18.0 Å². The van der Waals surface area contributed by atoms with Gasteiger partial charge < -0.3 is 15.6 Å². The van der Waals surface area contributed by atoms with Crippen LogP contribution >= 0.6 is 0 Å². The number of nitrogens with zero attached hydrogens (tertiary/aromatic N) is 4. The fraction of sp³-hybridized carbons (Fsp3) is 0.176. The van der Waals surface area contributed by atoms with Gasteiger partial charge in [0.15, 0.2) is 5.82 Å². The number of aromatic nitrogens is 4. The summed E-state index contributed by atoms with van der Waals surface area (Å²) in [6, 6.07) is 8.96. The van der Waals surface area contributed by atoms with Crippen LogP contribution in [0.3, 0.4) is 0 Å². The maximum atomic E-state index is 12.9. The molecule has 0 bridgehead atoms. The van der Waals surface area contributed by atoms with Crippen molar-refractivity contribution in [1.29, 1.82) is 0 Å². The molecule has 2 heterocycles. The number of halogens is 3. The second-order valence-electron chi connectivity index (χ2n) is 5.76. The molecular formula is C17H15F3N6O. The highest BCUT2D eigenvalue weighted by Crippen LogP contribution is 2.28. The molecule has 0 aliphatic carbocycles. The van der Waals surface area contributed by atoms with Crippen molar-refractivity contribution < 1.29 is 13.2 Å². The maximum absolute atomic E-state index is 12.9. The summed E-state index contributed by atoms with van der Waals surface area (Å²) in [6.07, 6.45) is -3.85. The number of aryl methyl sites for hydroxylation is 1. The van der Waals surface area contributed by atoms with Crippen LogP contribution in [0.15, 0.2) is 47.4 Å². The molecule has 0 atom stereocenters. The molecule has 0 saturated heterocycles. The van der Waals surface area contributed by atoms with Crippen molar-refractivity contribution in [1.82, 2.24) is 19.5 Å². The zero-order valence-corrected chi connectivity index (χ0v) is 14.2. The zero-order valence-electron chi connectivity index (χ0n) is 14.2. The number of hydrogen-bond donors (Lipinski definition) is 2. The summed E-state index contributed by atoms with van der Waals surface area (Å²) in [7, 11) is 0. The molecular weight excluding hydrogens is 361 g/mol. The highest BCUT2D eigenvalue weighted by molar-refractivity contribution is 5.58. The van der Waals surface area contributed by atoms with Gasteiger partial charge in [-0.25, -0.2) is 0 Å². The largest absolute Gasteiger partial charge is 0.417 e. The Hall–Kier alpha value is -3.43. The number of nitrogens with one attached hydrogen (secondary N) is 1. The Balaban J connectivity index is 1.91. The van der Waals surface area contributed by atoms with Crippen LogP contribution in [0, 0.1) is 6.92 Å². The summed E-state index contributed by atoms with van der Waals surface area (Å²) in [5, 5.41) is 2.98. The third-order valence-electron chi connectivity index (χ3n) is 3.71. The fourth-order valence-corrected chi connectivity index (χ4v) is 2.37. The van der Waals surface area contributed by atoms with Gasteiger partial charge in [0.05, 0.1) is 12.1 Å². The Kier molecular flexibility index (Phi) is 4.80. The lowest BCUT2D eigenvalue weighted by Gasteiger charge is -2.12. The molecule has 0 aliphatic rings. The second kappa shape index (κ2) is 7.06. The zero-order chi connectivity index (χ0) is 19.6. The van der Waals surface area contributed by atoms with E-state index in [0.29, 0.717) is 0 Å². The third-order valence-corrected chi connectivity index (χ3v) is 3.71. The summed E-state index contributed by atoms with van der Waals surface area (Å²) in [4.78, 5) is 23.9. The smallest absolute Gasteiger partial charge is 0.368 e. The Bertz CT molecular complexity index is 1030. The van der Waals surface area contributed by atoms with Crippen molar-refractivity contribution in [3.63, 3.8) is 0 Å². The van der Waals surface area contributed by atoms with Crippen LogP contribution in [0.4, 0.5) is 30.8 Å². The first kappa shape index (κ1) is 18.4. The van der Waals surface area contributed by atoms with Crippen LogP contribution < -0.4 is 16.6 Å². The van der Waals surface area contributed by atoms with Gasteiger partial charge in [-0.3, -0.25) is 4.79 Å². The molecule has 3 rings (SSSR count). The molecule has 0 radical (unpaired) electrons. The quantitative estimate of drug-likeness (QED) is 0.727. The normalized spacial score (nSPS) is 11.4. The van der Waals surface area contributed by atoms with E-state index in [2.05, 4.69) is 20.3 Å². The van der Waals surface area contributed by atoms with E-state index in [-0.39, 0.29) is 24.3 Å². The summed E-state index contributed by atoms with van der Waals surface area (Å²) in [6.45, 7) is 1.61. The molecule has 0 saturated carbocycles. The molecule has 7 nitrogen and oxygen atoms in total. The van der Waals surface area contributed by atoms with Crippen molar-refractivity contribution in [2.75, 3.05) is 11.1 Å². The molecule has 3 N–H and O–H groups in total. The van der Waals surface area contributed by atoms with Crippen LogP contribution in [0.1, 0.15) is 17.0 Å². The van der Waals surface area contributed by atoms with Gasteiger partial charge in [-0.1, -0.05) is 18.2 Å². The highest BCUT2D eigenvalue weighted by atomic mass is 19.4. The van der Waals surface area contributed by atoms with E-state index in [0.717, 1.165) is 34.1 Å². The molecule has 3 aromatic rings. The van der Waals surface area contributed by atoms with E-state index >= 15 is 0 Å². The van der Waals surface area contributed by atoms with Gasteiger partial charge in [0.2, 0.25) is 11.9 Å². The number of rotatable bonds is 4. The number of alkyl halides is 3. The van der Waals surface area contributed by atoms with Crippen molar-refractivity contribution in [2.24, 2.45) is 0 Å². The fourth-order valence-electron chi connectivity index (χ4n) is 2.37. The molecule has 0 aliphatic heterocycles. The van der Waals surface area contributed by atoms with Gasteiger partial charge in [-0.2, -0.15) is 28.1 Å². The van der Waals surface area contributed by atoms with Crippen LogP contribution in [0.5, 0.6) is 0 Å². The van der Waals surface area contributed by atoms with Crippen LogP contribution in [0.2, 0.25) is 0 Å². The first-order chi connectivity index (χ1) is 12.7. The average Bonchev–Trinajstić information content (AvgIpc) is 2.57. The number of para-hydroxylation sites is 1. The van der Waals surface area contributed by atoms with Crippen LogP contribution in [-0.4, -0.2) is 19.5 Å². The standard InChI is InChI=1S/C17H15F3N6O/c1-10-4-2-3-5-12(10)22-16-24-13(23-15(21)25-16)9-26-8-11(17(18,19)20)6-7-14(26)27/h2-8H,9H2,1H3,(H3,21,22,23,24,25). The summed E-state index contributed by atoms with van der Waals surface area (Å²) < 4.78 is 39.5. The van der Waals surface area contributed by atoms with Crippen LogP contribution in [0.25, 0.3) is 0 Å². The number of anilines is 3. The van der Waals surface area contributed by atoms with E-state index in [1.54, 1.807) is 0 Å². The molecule has 0 amide bonds. The molecule has 27 heavy (non-hydrogen) atoms. The van der Waals surface area contributed by atoms with Crippen molar-refractivity contribution in [3.8, 4) is 0 Å². The van der Waals surface area contributed by atoms with Gasteiger partial charge in [-0.05, 0) is 24.6 Å². The van der Waals surface area contributed by atoms with Crippen molar-refractivity contribution in [3.05, 3.63) is 69.9 Å². The van der Waals surface area contributed by atoms with E-state index < -0.39 is 17.3 Å². The third kappa shape index (κ3) is 4.40. The Morgan fingerprint density at radius 1 is 1.11 bits per heavy atom. The lowest BCUT2D eigenvalue weighted by Crippen LogP contribution is -2.23. The van der Waals surface area contributed by atoms with Gasteiger partial charge in [0.1, 0.15) is 0 Å². The van der Waals surface area contributed by atoms with Gasteiger partial charge in [-0.15, -0.1) is 0 Å². The molecule has 1 aromatic carbocycles. The number of pyridine rings is 1. The molecule has 0 unspecified atom stereocenters. The summed E-state index contributed by atoms with van der Waals surface area (Å²) in [5.41, 5.74) is 5.79. The predicted octanol–water partition coefficient (Wildman–Crippen LogP) is 2.73. The highest BCUT2D eigenvalue weighted by Gasteiger charge is 2.31. The minimum absolute atomic E-state index is 0.0556. The topological polar surface area (TPSA) is 98.7 Å². The Labute approximate surface area is 151 Å². The van der Waals surface area contributed by atoms with Gasteiger partial charge >= 0.3 is 6.18 Å². The molecule has 140 valence electrons. The number of benzene rings is 1. The SMILES string of the molecule is Cc1ccccc1Nc1nc(N)nc(Cn2cc(C(F)(F)F)ccc2=O)n1. The molecule has 0 fully saturated rings. The molecule has 10 heteroatoms. The van der Waals surface area contributed by atoms with E-state index in [1.807, 2.05) is 31.2 Å². The summed E-state index contributed by atoms with van der Waals surface area (Å²) >= 11 is 0. The first-order valence-electron chi connectivity index (χ1n) is 7.83. The maximum Gasteiger partial charge on any atom is 0.417 e. The minimum atomic E-state index is -4.56. The Morgan fingerprint density at radius 2 is 1.85 bits per heavy atom. The Morgan fingerprint density at radius 3 is 2.56 bits per heavy atom. The minimum Gasteiger partial charge on any atom is -0.368 e. The average molecular weight is 376 g/mol. The van der Waals surface area contributed by atoms with E-state index in [4.69, 9.17) is 5.73 Å². The second-order valence-corrected chi connectivity index (χ2v) is 5.76. The van der Waals surface area contributed by atoms with Crippen molar-refractivity contribution >= 4 is 17.6 Å². The molecule has 0 spiro atoms. The number of hydrogen-bond acceptors (Lipinski definition) is 6. The number of nitrogens with two attached hydrogens (primary N) is 1. The monoisotopic (exact) mass is 376 g/mol. The molecule has 2 aromatic heterocycles. The predicted molar refractivity (Wildman–Crippen MR) is 93.5 cm³/mol. The van der Waals surface area contributed by atoms with Gasteiger partial charge in [0.25, 0.3) is 5.56 Å². The number of nitrogen functional groups attached to an aromatic ring is 1. The summed E-state index contributed by atoms with van der Waals surface area (Å²) in [5.74, 6) is 0.0722. The van der Waals surface area contributed by atoms with E-state index in [1.165, 1.54) is 0 Å². The van der Waals surface area contributed by atoms with Crippen LogP contribution in [-0.2, 0) is 12.7 Å². The lowest BCUT2D eigenvalue weighted by molar-refractivity contribution is -0.138. The van der Waals surface area contributed by atoms with E-state index in [9.17, 15) is 18.0 Å². The lowest BCUT2D eigenvalue weighted by atomic mass is 10.2. The first-order valence-corrected chi connectivity index (χ1v) is 7.83. The van der Waals surface area contributed by atoms with Crippen molar-refractivity contribution in [2.45, 2.75) is 19.6 Å².